The lowest BCUT2D eigenvalue weighted by Gasteiger charge is -2.22. The fraction of sp³-hybridized carbons (Fsp3) is 0.231. The Hall–Kier alpha value is -1.74. The van der Waals surface area contributed by atoms with Crippen molar-refractivity contribution in [1.82, 2.24) is 9.97 Å². The molecule has 1 saturated heterocycles. The molecule has 78 valence electrons. The summed E-state index contributed by atoms with van der Waals surface area (Å²) >= 11 is 0. The van der Waals surface area contributed by atoms with Gasteiger partial charge in [-0.25, -0.2) is 0 Å². The third-order valence-electron chi connectivity index (χ3n) is 3.37. The predicted molar refractivity (Wildman–Crippen MR) is 58.8 cm³/mol. The summed E-state index contributed by atoms with van der Waals surface area (Å²) in [5.74, 6) is 0. The molecule has 3 nitrogen and oxygen atoms in total. The van der Waals surface area contributed by atoms with E-state index >= 15 is 0 Å². The van der Waals surface area contributed by atoms with Gasteiger partial charge in [0.15, 0.2) is 0 Å². The van der Waals surface area contributed by atoms with E-state index in [4.69, 9.17) is 4.74 Å². The van der Waals surface area contributed by atoms with Crippen LogP contribution in [0.1, 0.15) is 11.4 Å². The molecule has 0 bridgehead atoms. The largest absolute Gasteiger partial charge is 0.362 e. The van der Waals surface area contributed by atoms with Crippen LogP contribution in [-0.4, -0.2) is 16.6 Å². The van der Waals surface area contributed by atoms with Crippen LogP contribution in [0.3, 0.4) is 0 Å². The van der Waals surface area contributed by atoms with Gasteiger partial charge in [-0.05, 0) is 12.1 Å². The van der Waals surface area contributed by atoms with Crippen LogP contribution >= 0.6 is 0 Å². The molecule has 2 aliphatic rings. The van der Waals surface area contributed by atoms with Gasteiger partial charge in [0.05, 0.1) is 18.0 Å². The fourth-order valence-electron chi connectivity index (χ4n) is 2.49. The van der Waals surface area contributed by atoms with E-state index in [1.54, 1.807) is 0 Å². The summed E-state index contributed by atoms with van der Waals surface area (Å²) < 4.78 is 5.62. The van der Waals surface area contributed by atoms with Crippen molar-refractivity contribution < 1.29 is 4.74 Å². The van der Waals surface area contributed by atoms with Crippen molar-refractivity contribution in [2.24, 2.45) is 0 Å². The summed E-state index contributed by atoms with van der Waals surface area (Å²) in [5.41, 5.74) is 4.41. The number of hydrogen-bond donors (Lipinski definition) is 0. The molecule has 1 aliphatic heterocycles. The Bertz CT molecular complexity index is 576. The maximum Gasteiger partial charge on any atom is 0.139 e. The monoisotopic (exact) mass is 210 g/mol. The van der Waals surface area contributed by atoms with Crippen molar-refractivity contribution in [3.8, 4) is 11.1 Å². The van der Waals surface area contributed by atoms with Gasteiger partial charge < -0.3 is 4.74 Å². The molecule has 2 aromatic heterocycles. The van der Waals surface area contributed by atoms with Crippen molar-refractivity contribution in [3.63, 3.8) is 0 Å². The zero-order valence-corrected chi connectivity index (χ0v) is 8.68. The molecule has 1 atom stereocenters. The van der Waals surface area contributed by atoms with E-state index in [2.05, 4.69) is 22.1 Å². The lowest BCUT2D eigenvalue weighted by atomic mass is 9.84. The second kappa shape index (κ2) is 2.68. The molecule has 0 aromatic carbocycles. The van der Waals surface area contributed by atoms with E-state index < -0.39 is 0 Å². The third-order valence-corrected chi connectivity index (χ3v) is 3.37. The average molecular weight is 210 g/mol. The van der Waals surface area contributed by atoms with Gasteiger partial charge in [-0.15, -0.1) is 0 Å². The summed E-state index contributed by atoms with van der Waals surface area (Å²) in [4.78, 5) is 8.93. The zero-order valence-electron chi connectivity index (χ0n) is 8.68. The molecule has 1 spiro atoms. The van der Waals surface area contributed by atoms with Crippen LogP contribution in [0, 0.1) is 0 Å². The topological polar surface area (TPSA) is 38.3 Å². The van der Waals surface area contributed by atoms with Gasteiger partial charge in [0.2, 0.25) is 0 Å². The molecule has 1 aliphatic carbocycles. The number of aromatic nitrogens is 2. The summed E-state index contributed by atoms with van der Waals surface area (Å²) in [6, 6.07) is 8.15. The van der Waals surface area contributed by atoms with Crippen LogP contribution in [-0.2, 0) is 16.8 Å². The van der Waals surface area contributed by atoms with Crippen molar-refractivity contribution in [1.29, 1.82) is 0 Å². The Balaban J connectivity index is 2.05. The standard InChI is InChI=1S/C13H10N2O/c1-3-9-10-4-2-6-15-12(10)13(8-16-13)7-11(9)14-5-1/h1-6H,7-8H2. The highest BCUT2D eigenvalue weighted by atomic mass is 16.6. The number of pyridine rings is 2. The number of ether oxygens (including phenoxy) is 1. The first-order valence-corrected chi connectivity index (χ1v) is 5.43. The van der Waals surface area contributed by atoms with Crippen LogP contribution in [0.5, 0.6) is 0 Å². The molecular formula is C13H10N2O. The molecule has 0 radical (unpaired) electrons. The van der Waals surface area contributed by atoms with Crippen LogP contribution in [0.25, 0.3) is 11.1 Å². The van der Waals surface area contributed by atoms with E-state index in [1.165, 1.54) is 11.1 Å². The molecule has 3 heteroatoms. The molecule has 1 unspecified atom stereocenters. The second-order valence-corrected chi connectivity index (χ2v) is 4.36. The Labute approximate surface area is 93.1 Å². The summed E-state index contributed by atoms with van der Waals surface area (Å²) in [5, 5.41) is 0. The van der Waals surface area contributed by atoms with Gasteiger partial charge in [0.25, 0.3) is 0 Å². The minimum Gasteiger partial charge on any atom is -0.362 e. The minimum absolute atomic E-state index is 0.169. The molecular weight excluding hydrogens is 200 g/mol. The first-order chi connectivity index (χ1) is 7.89. The highest BCUT2D eigenvalue weighted by Gasteiger charge is 2.52. The van der Waals surface area contributed by atoms with Gasteiger partial charge in [0, 0.05) is 29.9 Å². The lowest BCUT2D eigenvalue weighted by molar-refractivity contribution is 0.297. The molecule has 0 saturated carbocycles. The molecule has 0 N–H and O–H groups in total. The van der Waals surface area contributed by atoms with E-state index in [1.807, 2.05) is 24.5 Å². The number of hydrogen-bond acceptors (Lipinski definition) is 3. The summed E-state index contributed by atoms with van der Waals surface area (Å²) in [7, 11) is 0. The first-order valence-electron chi connectivity index (χ1n) is 5.43. The van der Waals surface area contributed by atoms with Crippen LogP contribution in [0.4, 0.5) is 0 Å². The van der Waals surface area contributed by atoms with Crippen molar-refractivity contribution in [2.75, 3.05) is 6.61 Å². The van der Waals surface area contributed by atoms with E-state index in [0.717, 1.165) is 24.4 Å². The summed E-state index contributed by atoms with van der Waals surface area (Å²) in [6.07, 6.45) is 4.53. The molecule has 2 aromatic rings. The number of epoxide rings is 1. The predicted octanol–water partition coefficient (Wildman–Crippen LogP) is 1.93. The lowest BCUT2D eigenvalue weighted by Crippen LogP contribution is -2.21. The smallest absolute Gasteiger partial charge is 0.139 e. The second-order valence-electron chi connectivity index (χ2n) is 4.36. The van der Waals surface area contributed by atoms with Crippen LogP contribution in [0.15, 0.2) is 36.7 Å². The van der Waals surface area contributed by atoms with Crippen molar-refractivity contribution in [2.45, 2.75) is 12.0 Å². The number of fused-ring (bicyclic) bond motifs is 4. The van der Waals surface area contributed by atoms with Gasteiger partial charge in [0.1, 0.15) is 5.60 Å². The molecule has 4 rings (SSSR count). The van der Waals surface area contributed by atoms with Crippen molar-refractivity contribution >= 4 is 0 Å². The van der Waals surface area contributed by atoms with E-state index in [-0.39, 0.29) is 5.60 Å². The van der Waals surface area contributed by atoms with Crippen molar-refractivity contribution in [3.05, 3.63) is 48.0 Å². The minimum atomic E-state index is -0.169. The normalized spacial score (nSPS) is 25.0. The third kappa shape index (κ3) is 0.959. The maximum absolute atomic E-state index is 5.62. The molecule has 16 heavy (non-hydrogen) atoms. The number of rotatable bonds is 0. The van der Waals surface area contributed by atoms with Gasteiger partial charge in [-0.2, -0.15) is 0 Å². The van der Waals surface area contributed by atoms with Gasteiger partial charge in [-0.1, -0.05) is 12.1 Å². The average Bonchev–Trinajstić information content (AvgIpc) is 3.10. The Kier molecular flexibility index (Phi) is 1.41. The Morgan fingerprint density at radius 2 is 1.81 bits per heavy atom. The molecule has 1 fully saturated rings. The highest BCUT2D eigenvalue weighted by molar-refractivity contribution is 5.72. The maximum atomic E-state index is 5.62. The van der Waals surface area contributed by atoms with Crippen LogP contribution < -0.4 is 0 Å². The van der Waals surface area contributed by atoms with Crippen LogP contribution in [0.2, 0.25) is 0 Å². The molecule has 3 heterocycles. The summed E-state index contributed by atoms with van der Waals surface area (Å²) in [6.45, 7) is 0.771. The fourth-order valence-corrected chi connectivity index (χ4v) is 2.49. The quantitative estimate of drug-likeness (QED) is 0.623. The zero-order chi connectivity index (χ0) is 10.6. The van der Waals surface area contributed by atoms with Gasteiger partial charge in [-0.3, -0.25) is 9.97 Å². The SMILES string of the molecule is c1cnc2c(c1)-c1cccnc1C1(CO1)C2. The van der Waals surface area contributed by atoms with E-state index in [0.29, 0.717) is 0 Å². The first kappa shape index (κ1) is 8.42. The van der Waals surface area contributed by atoms with E-state index in [9.17, 15) is 0 Å². The Morgan fingerprint density at radius 3 is 2.62 bits per heavy atom. The number of nitrogens with zero attached hydrogens (tertiary/aromatic N) is 2. The molecule has 0 amide bonds. The van der Waals surface area contributed by atoms with Gasteiger partial charge >= 0.3 is 0 Å². The Morgan fingerprint density at radius 1 is 1.06 bits per heavy atom. The highest BCUT2D eigenvalue weighted by Crippen LogP contribution is 2.49.